The Morgan fingerprint density at radius 3 is 2.47 bits per heavy atom. The summed E-state index contributed by atoms with van der Waals surface area (Å²) in [5.41, 5.74) is 3.62. The van der Waals surface area contributed by atoms with E-state index in [1.807, 2.05) is 24.3 Å². The second kappa shape index (κ2) is 9.24. The molecule has 0 amide bonds. The molecule has 0 bridgehead atoms. The summed E-state index contributed by atoms with van der Waals surface area (Å²) in [6.07, 6.45) is 1.79. The highest BCUT2D eigenvalue weighted by molar-refractivity contribution is 6.30. The van der Waals surface area contributed by atoms with Crippen molar-refractivity contribution in [3.05, 3.63) is 112 Å². The molecular formula is C25H19ClF2N2O2. The SMILES string of the molecule is O=C(O)c1cc(-c2ccc(NCc3cc(F)ccc3F)cc2)cn1Cc1cccc(Cl)c1. The Bertz CT molecular complexity index is 1270. The number of hydrogen-bond donors (Lipinski definition) is 2. The second-order valence-corrected chi connectivity index (χ2v) is 7.78. The van der Waals surface area contributed by atoms with Gasteiger partial charge in [-0.2, -0.15) is 0 Å². The fourth-order valence-electron chi connectivity index (χ4n) is 3.47. The van der Waals surface area contributed by atoms with Crippen molar-refractivity contribution in [3.8, 4) is 11.1 Å². The molecule has 7 heteroatoms. The summed E-state index contributed by atoms with van der Waals surface area (Å²) in [7, 11) is 0. The minimum atomic E-state index is -1.02. The minimum Gasteiger partial charge on any atom is -0.477 e. The average Bonchev–Trinajstić information content (AvgIpc) is 3.19. The Morgan fingerprint density at radius 1 is 0.969 bits per heavy atom. The Labute approximate surface area is 188 Å². The molecule has 0 aliphatic carbocycles. The van der Waals surface area contributed by atoms with Crippen molar-refractivity contribution in [2.75, 3.05) is 5.32 Å². The van der Waals surface area contributed by atoms with E-state index in [1.54, 1.807) is 41.1 Å². The van der Waals surface area contributed by atoms with E-state index in [9.17, 15) is 18.7 Å². The number of benzene rings is 3. The summed E-state index contributed by atoms with van der Waals surface area (Å²) < 4.78 is 28.8. The minimum absolute atomic E-state index is 0.141. The molecule has 162 valence electrons. The quantitative estimate of drug-likeness (QED) is 0.339. The Hall–Kier alpha value is -3.64. The van der Waals surface area contributed by atoms with E-state index >= 15 is 0 Å². The molecule has 0 spiro atoms. The van der Waals surface area contributed by atoms with E-state index in [2.05, 4.69) is 5.32 Å². The fraction of sp³-hybridized carbons (Fsp3) is 0.0800. The first kappa shape index (κ1) is 21.6. The molecule has 32 heavy (non-hydrogen) atoms. The lowest BCUT2D eigenvalue weighted by atomic mass is 10.1. The van der Waals surface area contributed by atoms with Crippen LogP contribution in [0, 0.1) is 11.6 Å². The van der Waals surface area contributed by atoms with E-state index in [4.69, 9.17) is 11.6 Å². The smallest absolute Gasteiger partial charge is 0.352 e. The number of carboxylic acids is 1. The van der Waals surface area contributed by atoms with Gasteiger partial charge >= 0.3 is 5.97 Å². The van der Waals surface area contributed by atoms with Crippen molar-refractivity contribution in [3.63, 3.8) is 0 Å². The van der Waals surface area contributed by atoms with Gasteiger partial charge in [0.1, 0.15) is 17.3 Å². The lowest BCUT2D eigenvalue weighted by Crippen LogP contribution is -2.08. The topological polar surface area (TPSA) is 54.3 Å². The molecule has 1 heterocycles. The zero-order chi connectivity index (χ0) is 22.7. The van der Waals surface area contributed by atoms with Gasteiger partial charge in [-0.05, 0) is 59.7 Å². The molecule has 0 atom stereocenters. The maximum Gasteiger partial charge on any atom is 0.352 e. The zero-order valence-electron chi connectivity index (χ0n) is 16.9. The van der Waals surface area contributed by atoms with Crippen molar-refractivity contribution < 1.29 is 18.7 Å². The standard InChI is InChI=1S/C25H19ClF2N2O2/c26-20-3-1-2-16(10-20)14-30-15-19(12-24(30)25(31)32)17-4-7-22(8-5-17)29-13-18-11-21(27)6-9-23(18)28/h1-12,15,29H,13-14H2,(H,31,32). The molecule has 0 saturated carbocycles. The molecule has 4 nitrogen and oxygen atoms in total. The molecule has 0 unspecified atom stereocenters. The molecule has 3 aromatic carbocycles. The first-order valence-corrected chi connectivity index (χ1v) is 10.2. The number of aromatic nitrogens is 1. The van der Waals surface area contributed by atoms with Crippen LogP contribution in [0.25, 0.3) is 11.1 Å². The van der Waals surface area contributed by atoms with Gasteiger partial charge in [-0.15, -0.1) is 0 Å². The number of aromatic carboxylic acids is 1. The summed E-state index contributed by atoms with van der Waals surface area (Å²) in [4.78, 5) is 11.7. The predicted molar refractivity (Wildman–Crippen MR) is 121 cm³/mol. The van der Waals surface area contributed by atoms with E-state index in [-0.39, 0.29) is 17.8 Å². The van der Waals surface area contributed by atoms with Gasteiger partial charge < -0.3 is 15.0 Å². The summed E-state index contributed by atoms with van der Waals surface area (Å²) >= 11 is 6.04. The lowest BCUT2D eigenvalue weighted by Gasteiger charge is -2.08. The Balaban J connectivity index is 1.52. The summed E-state index contributed by atoms with van der Waals surface area (Å²) in [5.74, 6) is -1.98. The molecular weight excluding hydrogens is 434 g/mol. The van der Waals surface area contributed by atoms with Crippen LogP contribution < -0.4 is 5.32 Å². The average molecular weight is 453 g/mol. The van der Waals surface area contributed by atoms with Crippen molar-refractivity contribution in [2.24, 2.45) is 0 Å². The Kier molecular flexibility index (Phi) is 6.23. The third kappa shape index (κ3) is 4.98. The maximum atomic E-state index is 13.8. The van der Waals surface area contributed by atoms with Gasteiger partial charge in [0.25, 0.3) is 0 Å². The van der Waals surface area contributed by atoms with Crippen molar-refractivity contribution >= 4 is 23.3 Å². The molecule has 1 aromatic heterocycles. The molecule has 4 rings (SSSR count). The largest absolute Gasteiger partial charge is 0.477 e. The number of hydrogen-bond acceptors (Lipinski definition) is 2. The number of nitrogens with one attached hydrogen (secondary N) is 1. The fourth-order valence-corrected chi connectivity index (χ4v) is 3.68. The molecule has 2 N–H and O–H groups in total. The van der Waals surface area contributed by atoms with Crippen LogP contribution in [0.1, 0.15) is 21.6 Å². The molecule has 4 aromatic rings. The number of rotatable bonds is 7. The van der Waals surface area contributed by atoms with Crippen LogP contribution in [0.2, 0.25) is 5.02 Å². The second-order valence-electron chi connectivity index (χ2n) is 7.34. The number of halogens is 3. The van der Waals surface area contributed by atoms with Crippen molar-refractivity contribution in [1.29, 1.82) is 0 Å². The highest BCUT2D eigenvalue weighted by Gasteiger charge is 2.14. The third-order valence-corrected chi connectivity index (χ3v) is 5.30. The van der Waals surface area contributed by atoms with Crippen LogP contribution in [0.15, 0.2) is 79.0 Å². The molecule has 0 radical (unpaired) electrons. The monoisotopic (exact) mass is 452 g/mol. The first-order chi connectivity index (χ1) is 15.4. The number of nitrogens with zero attached hydrogens (tertiary/aromatic N) is 1. The normalized spacial score (nSPS) is 10.8. The van der Waals surface area contributed by atoms with Gasteiger partial charge in [-0.25, -0.2) is 13.6 Å². The molecule has 0 saturated heterocycles. The first-order valence-electron chi connectivity index (χ1n) is 9.85. The predicted octanol–water partition coefficient (Wildman–Crippen LogP) is 6.45. The van der Waals surface area contributed by atoms with Gasteiger partial charge in [0.15, 0.2) is 0 Å². The van der Waals surface area contributed by atoms with E-state index in [1.165, 1.54) is 0 Å². The van der Waals surface area contributed by atoms with E-state index in [0.717, 1.165) is 40.6 Å². The zero-order valence-corrected chi connectivity index (χ0v) is 17.6. The van der Waals surface area contributed by atoms with Crippen LogP contribution in [0.5, 0.6) is 0 Å². The van der Waals surface area contributed by atoms with Crippen LogP contribution in [-0.4, -0.2) is 15.6 Å². The number of carboxylic acid groups (broad SMARTS) is 1. The maximum absolute atomic E-state index is 13.8. The number of carbonyl (C=O) groups is 1. The molecule has 0 aliphatic heterocycles. The highest BCUT2D eigenvalue weighted by atomic mass is 35.5. The van der Waals surface area contributed by atoms with Crippen LogP contribution >= 0.6 is 11.6 Å². The van der Waals surface area contributed by atoms with Crippen molar-refractivity contribution in [2.45, 2.75) is 13.1 Å². The van der Waals surface area contributed by atoms with Crippen LogP contribution in [0.3, 0.4) is 0 Å². The van der Waals surface area contributed by atoms with Gasteiger partial charge in [0, 0.05) is 41.1 Å². The van der Waals surface area contributed by atoms with Crippen molar-refractivity contribution in [1.82, 2.24) is 4.57 Å². The van der Waals surface area contributed by atoms with E-state index in [0.29, 0.717) is 11.6 Å². The van der Waals surface area contributed by atoms with Gasteiger partial charge in [0.2, 0.25) is 0 Å². The highest BCUT2D eigenvalue weighted by Crippen LogP contribution is 2.25. The van der Waals surface area contributed by atoms with Gasteiger partial charge in [-0.1, -0.05) is 35.9 Å². The molecule has 0 fully saturated rings. The van der Waals surface area contributed by atoms with Gasteiger partial charge in [0.05, 0.1) is 0 Å². The van der Waals surface area contributed by atoms with E-state index < -0.39 is 17.6 Å². The number of anilines is 1. The van der Waals surface area contributed by atoms with Crippen LogP contribution in [0.4, 0.5) is 14.5 Å². The molecule has 0 aliphatic rings. The summed E-state index contributed by atoms with van der Waals surface area (Å²) in [6.45, 7) is 0.517. The summed E-state index contributed by atoms with van der Waals surface area (Å²) in [5, 5.41) is 13.3. The van der Waals surface area contributed by atoms with Crippen LogP contribution in [-0.2, 0) is 13.1 Å². The lowest BCUT2D eigenvalue weighted by molar-refractivity contribution is 0.0685. The summed E-state index contributed by atoms with van der Waals surface area (Å²) in [6, 6.07) is 19.5. The third-order valence-electron chi connectivity index (χ3n) is 5.07. The van der Waals surface area contributed by atoms with Gasteiger partial charge in [-0.3, -0.25) is 0 Å². The Morgan fingerprint density at radius 2 is 1.75 bits per heavy atom.